The van der Waals surface area contributed by atoms with Crippen LogP contribution in [0.15, 0.2) is 222 Å². The zero-order valence-electron chi connectivity index (χ0n) is 30.8. The van der Waals surface area contributed by atoms with E-state index in [2.05, 4.69) is 183 Å². The minimum atomic E-state index is -0.967. The Bertz CT molecular complexity index is 2170. The predicted molar refractivity (Wildman–Crippen MR) is 221 cm³/mol. The summed E-state index contributed by atoms with van der Waals surface area (Å²) in [6.07, 6.45) is 0.549. The topological polar surface area (TPSA) is 43.2 Å². The minimum Gasteiger partial charge on any atom is -0.461 e. The quantitative estimate of drug-likeness (QED) is 0.142. The first kappa shape index (κ1) is 34.3. The third-order valence-corrected chi connectivity index (χ3v) is 11.2. The number of rotatable bonds is 10. The van der Waals surface area contributed by atoms with E-state index in [0.717, 1.165) is 38.9 Å². The summed E-state index contributed by atoms with van der Waals surface area (Å²) in [4.78, 5) is 11.4. The van der Waals surface area contributed by atoms with Crippen LogP contribution in [0.4, 0.5) is 0 Å². The number of hydrogen-bond acceptors (Lipinski definition) is 4. The molecule has 0 N–H and O–H groups in total. The van der Waals surface area contributed by atoms with Gasteiger partial charge in [-0.1, -0.05) is 212 Å². The summed E-state index contributed by atoms with van der Waals surface area (Å²) in [6, 6.07) is 72.8. The molecule has 4 nitrogen and oxygen atoms in total. The Hall–Kier alpha value is -6.52. The highest BCUT2D eigenvalue weighted by Gasteiger charge is 2.59. The number of ether oxygens (including phenoxy) is 2. The van der Waals surface area contributed by atoms with Crippen LogP contribution in [0.1, 0.15) is 58.0 Å². The van der Waals surface area contributed by atoms with Gasteiger partial charge < -0.3 is 9.47 Å². The van der Waals surface area contributed by atoms with Gasteiger partial charge in [-0.15, -0.1) is 0 Å². The molecule has 268 valence electrons. The van der Waals surface area contributed by atoms with E-state index in [1.807, 2.05) is 36.4 Å². The van der Waals surface area contributed by atoms with Crippen molar-refractivity contribution in [1.29, 1.82) is 0 Å². The molecule has 0 saturated heterocycles. The summed E-state index contributed by atoms with van der Waals surface area (Å²) in [6.45, 7) is 2.19. The van der Waals surface area contributed by atoms with E-state index in [1.165, 1.54) is 0 Å². The van der Waals surface area contributed by atoms with Gasteiger partial charge in [-0.3, -0.25) is 0 Å². The molecule has 2 aliphatic heterocycles. The Labute approximate surface area is 323 Å². The zero-order chi connectivity index (χ0) is 37.1. The Morgan fingerprint density at radius 1 is 0.400 bits per heavy atom. The first-order chi connectivity index (χ1) is 27.1. The van der Waals surface area contributed by atoms with Gasteiger partial charge in [0.15, 0.2) is 11.2 Å². The maximum absolute atomic E-state index is 7.65. The van der Waals surface area contributed by atoms with Crippen LogP contribution in [0.25, 0.3) is 0 Å². The average molecular weight is 715 g/mol. The smallest absolute Gasteiger partial charge is 0.201 e. The summed E-state index contributed by atoms with van der Waals surface area (Å²) in [5, 5.41) is 0. The fourth-order valence-electron chi connectivity index (χ4n) is 8.48. The van der Waals surface area contributed by atoms with Gasteiger partial charge in [0.25, 0.3) is 0 Å². The molecule has 0 aromatic heterocycles. The fourth-order valence-corrected chi connectivity index (χ4v) is 8.48. The molecule has 0 fully saturated rings. The SMILES string of the molecule is CC(Cc1ccccc1)(C1=N[C@H](c2ccccc2)C(c2ccccc2)(c2ccccc2)O1)C1=N[C@H](c2ccccc2)C(c2ccccc2)(c2ccccc2)O1. The Balaban J connectivity index is 1.29. The van der Waals surface area contributed by atoms with Gasteiger partial charge in [0.05, 0.1) is 0 Å². The van der Waals surface area contributed by atoms with Crippen molar-refractivity contribution in [2.45, 2.75) is 36.6 Å². The third kappa shape index (κ3) is 5.95. The first-order valence-corrected chi connectivity index (χ1v) is 19.0. The second-order valence-corrected chi connectivity index (χ2v) is 14.6. The van der Waals surface area contributed by atoms with Gasteiger partial charge in [-0.2, -0.15) is 0 Å². The van der Waals surface area contributed by atoms with Crippen molar-refractivity contribution in [3.05, 3.63) is 251 Å². The highest BCUT2D eigenvalue weighted by atomic mass is 16.5. The Morgan fingerprint density at radius 3 is 0.982 bits per heavy atom. The van der Waals surface area contributed by atoms with Gasteiger partial charge in [0.2, 0.25) is 11.8 Å². The van der Waals surface area contributed by atoms with Gasteiger partial charge in [-0.25, -0.2) is 9.98 Å². The molecule has 7 aromatic carbocycles. The number of aliphatic imine (C=N–C) groups is 2. The molecule has 0 radical (unpaired) electrons. The summed E-state index contributed by atoms with van der Waals surface area (Å²) < 4.78 is 15.3. The molecule has 2 atom stereocenters. The van der Waals surface area contributed by atoms with E-state index in [1.54, 1.807) is 0 Å². The van der Waals surface area contributed by atoms with Crippen molar-refractivity contribution >= 4 is 11.8 Å². The molecule has 0 amide bonds. The van der Waals surface area contributed by atoms with Crippen molar-refractivity contribution in [2.24, 2.45) is 15.4 Å². The van der Waals surface area contributed by atoms with E-state index in [-0.39, 0.29) is 0 Å². The molecule has 9 rings (SSSR count). The Kier molecular flexibility index (Phi) is 8.95. The molecule has 0 saturated carbocycles. The number of hydrogen-bond donors (Lipinski definition) is 0. The van der Waals surface area contributed by atoms with Gasteiger partial charge >= 0.3 is 0 Å². The summed E-state index contributed by atoms with van der Waals surface area (Å²) in [5.74, 6) is 1.17. The van der Waals surface area contributed by atoms with Crippen molar-refractivity contribution in [2.75, 3.05) is 0 Å². The Morgan fingerprint density at radius 2 is 0.673 bits per heavy atom. The molecule has 0 bridgehead atoms. The van der Waals surface area contributed by atoms with Gasteiger partial charge in [0.1, 0.15) is 17.5 Å². The molecule has 7 aromatic rings. The van der Waals surface area contributed by atoms with E-state index < -0.39 is 28.7 Å². The highest BCUT2D eigenvalue weighted by Crippen LogP contribution is 2.56. The molecule has 55 heavy (non-hydrogen) atoms. The zero-order valence-corrected chi connectivity index (χ0v) is 30.8. The van der Waals surface area contributed by atoms with Crippen molar-refractivity contribution in [3.8, 4) is 0 Å². The lowest BCUT2D eigenvalue weighted by Crippen LogP contribution is -2.44. The molecule has 0 spiro atoms. The highest BCUT2D eigenvalue weighted by molar-refractivity contribution is 6.07. The lowest BCUT2D eigenvalue weighted by molar-refractivity contribution is 0.0712. The van der Waals surface area contributed by atoms with Crippen molar-refractivity contribution < 1.29 is 9.47 Å². The van der Waals surface area contributed by atoms with Crippen molar-refractivity contribution in [3.63, 3.8) is 0 Å². The van der Waals surface area contributed by atoms with Crippen LogP contribution < -0.4 is 0 Å². The molecule has 0 unspecified atom stereocenters. The lowest BCUT2D eigenvalue weighted by atomic mass is 9.77. The molecule has 0 aliphatic carbocycles. The maximum atomic E-state index is 7.65. The molecule has 4 heteroatoms. The van der Waals surface area contributed by atoms with Crippen LogP contribution in [-0.4, -0.2) is 11.8 Å². The van der Waals surface area contributed by atoms with Crippen LogP contribution in [0, 0.1) is 5.41 Å². The normalized spacial score (nSPS) is 18.4. The molecular weight excluding hydrogens is 673 g/mol. The van der Waals surface area contributed by atoms with Crippen LogP contribution in [0.3, 0.4) is 0 Å². The van der Waals surface area contributed by atoms with Crippen LogP contribution in [0.5, 0.6) is 0 Å². The van der Waals surface area contributed by atoms with Crippen molar-refractivity contribution in [1.82, 2.24) is 0 Å². The molecule has 2 aliphatic rings. The lowest BCUT2D eigenvalue weighted by Gasteiger charge is -2.38. The molecular formula is C51H42N2O2. The molecule has 2 heterocycles. The second kappa shape index (κ2) is 14.4. The standard InChI is InChI=1S/C51H42N2O2/c1-49(37-38-23-9-2-10-24-38,47-52-45(39-25-11-3-12-26-39)50(54-47,41-29-15-5-16-30-41)42-31-17-6-18-32-42)48-53-46(40-27-13-4-14-28-40)51(55-48,43-33-19-7-20-34-43)44-35-21-8-22-36-44/h2-36,45-46H,37H2,1H3/t45-,46-/m1/s1. The minimum absolute atomic E-state index is 0.400. The average Bonchev–Trinajstić information content (AvgIpc) is 3.89. The predicted octanol–water partition coefficient (Wildman–Crippen LogP) is 11.5. The largest absolute Gasteiger partial charge is 0.461 e. The van der Waals surface area contributed by atoms with Gasteiger partial charge in [0, 0.05) is 22.3 Å². The second-order valence-electron chi connectivity index (χ2n) is 14.6. The van der Waals surface area contributed by atoms with Crippen LogP contribution in [-0.2, 0) is 27.1 Å². The van der Waals surface area contributed by atoms with E-state index in [0.29, 0.717) is 18.2 Å². The van der Waals surface area contributed by atoms with E-state index in [4.69, 9.17) is 19.5 Å². The van der Waals surface area contributed by atoms with E-state index >= 15 is 0 Å². The maximum Gasteiger partial charge on any atom is 0.201 e. The third-order valence-electron chi connectivity index (χ3n) is 11.2. The summed E-state index contributed by atoms with van der Waals surface area (Å²) in [5.41, 5.74) is 4.48. The van der Waals surface area contributed by atoms with Crippen LogP contribution in [0.2, 0.25) is 0 Å². The summed E-state index contributed by atoms with van der Waals surface area (Å²) in [7, 11) is 0. The summed E-state index contributed by atoms with van der Waals surface area (Å²) >= 11 is 0. The fraction of sp³-hybridized carbons (Fsp3) is 0.137. The monoisotopic (exact) mass is 714 g/mol. The van der Waals surface area contributed by atoms with Gasteiger partial charge in [-0.05, 0) is 30.0 Å². The van der Waals surface area contributed by atoms with Crippen LogP contribution >= 0.6 is 0 Å². The number of nitrogens with zero attached hydrogens (tertiary/aromatic N) is 2. The first-order valence-electron chi connectivity index (χ1n) is 19.0. The number of benzene rings is 7. The van der Waals surface area contributed by atoms with E-state index in [9.17, 15) is 0 Å².